The highest BCUT2D eigenvalue weighted by Gasteiger charge is 2.44. The van der Waals surface area contributed by atoms with E-state index in [1.54, 1.807) is 38.3 Å². The van der Waals surface area contributed by atoms with Crippen LogP contribution in [-0.2, 0) is 25.7 Å². The number of piperazine rings is 1. The van der Waals surface area contributed by atoms with Crippen LogP contribution in [0, 0.1) is 35.9 Å². The van der Waals surface area contributed by atoms with Crippen LogP contribution < -0.4 is 25.6 Å². The van der Waals surface area contributed by atoms with E-state index in [0.717, 1.165) is 96.3 Å². The fourth-order valence-electron chi connectivity index (χ4n) is 14.1. The summed E-state index contributed by atoms with van der Waals surface area (Å²) in [4.78, 5) is 87.4. The van der Waals surface area contributed by atoms with Crippen molar-refractivity contribution in [2.24, 2.45) is 28.2 Å². The minimum Gasteiger partial charge on any atom is -0.462 e. The van der Waals surface area contributed by atoms with Crippen molar-refractivity contribution >= 4 is 79.8 Å². The number of likely N-dealkylation sites (N-methyl/N-ethyl adjacent to an activating group) is 1. The third-order valence-electron chi connectivity index (χ3n) is 18.9. The minimum atomic E-state index is -0.932. The number of likely N-dealkylation sites (tertiary alicyclic amines) is 3. The second-order valence-corrected chi connectivity index (χ2v) is 27.1. The first kappa shape index (κ1) is 59.8. The maximum Gasteiger partial charge on any atom is 0.319 e. The number of nitrogens with one attached hydrogen (secondary N) is 3. The number of benzene rings is 3. The first-order valence-electron chi connectivity index (χ1n) is 30.7. The molecule has 6 fully saturated rings. The Hall–Kier alpha value is -6.55. The largest absolute Gasteiger partial charge is 0.462 e. The van der Waals surface area contributed by atoms with Gasteiger partial charge in [-0.1, -0.05) is 87.0 Å². The number of piperidine rings is 1. The molecule has 0 radical (unpaired) electrons. The molecule has 8 heterocycles. The van der Waals surface area contributed by atoms with E-state index in [9.17, 15) is 24.3 Å². The van der Waals surface area contributed by atoms with Gasteiger partial charge < -0.3 is 35.6 Å². The van der Waals surface area contributed by atoms with Gasteiger partial charge in [-0.3, -0.25) is 34.0 Å². The molecule has 18 nitrogen and oxygen atoms in total. The van der Waals surface area contributed by atoms with Crippen LogP contribution >= 0.6 is 22.9 Å². The molecular formula is C65H78ClFN12O6S. The number of aromatic nitrogens is 4. The SMILES string of the molecule is Cc1ncsc1-c1ccc(CNC(=O)[C@@H]2C[C@@H](O)CN2C(=O)C(=NC(=O)CCCNC(=O)C2CCN([C@H]3C[C@@H](COc4nc(N5CC6CC7CCC7CC(C5)N6)c5cnc(-c6cccc7cccc(Cl)c67)c(F)c5n4)N(C)C3)CC2)C(C)(C)C)cc1. The van der Waals surface area contributed by atoms with Crippen LogP contribution in [0.2, 0.25) is 5.02 Å². The molecule has 2 bridgehead atoms. The number of carbonyl (C=O) groups excluding carboxylic acids is 4. The second kappa shape index (κ2) is 25.3. The van der Waals surface area contributed by atoms with E-state index in [1.165, 1.54) is 17.7 Å². The second-order valence-electron chi connectivity index (χ2n) is 25.8. The van der Waals surface area contributed by atoms with E-state index in [1.807, 2.05) is 73.1 Å². The van der Waals surface area contributed by atoms with Crippen LogP contribution in [0.3, 0.4) is 0 Å². The lowest BCUT2D eigenvalue weighted by atomic mass is 9.69. The molecule has 5 aliphatic heterocycles. The number of amides is 4. The number of aliphatic hydroxyl groups is 1. The van der Waals surface area contributed by atoms with Gasteiger partial charge >= 0.3 is 6.01 Å². The number of fused-ring (bicyclic) bond motifs is 5. The summed E-state index contributed by atoms with van der Waals surface area (Å²) >= 11 is 8.32. The first-order chi connectivity index (χ1) is 41.4. The number of thiazole rings is 1. The monoisotopic (exact) mass is 1210 g/mol. The summed E-state index contributed by atoms with van der Waals surface area (Å²) < 4.78 is 23.8. The number of hydrogen-bond acceptors (Lipinski definition) is 15. The van der Waals surface area contributed by atoms with Gasteiger partial charge in [0.05, 0.1) is 27.6 Å². The normalized spacial score (nSPS) is 24.8. The highest BCUT2D eigenvalue weighted by Crippen LogP contribution is 2.45. The quantitative estimate of drug-likeness (QED) is 0.0530. The highest BCUT2D eigenvalue weighted by molar-refractivity contribution is 7.13. The lowest BCUT2D eigenvalue weighted by molar-refractivity contribution is -0.134. The molecule has 454 valence electrons. The Kier molecular flexibility index (Phi) is 17.6. The molecule has 6 aromatic rings. The van der Waals surface area contributed by atoms with Gasteiger partial charge in [0.15, 0.2) is 5.82 Å². The average molecular weight is 1210 g/mol. The number of aliphatic hydroxyl groups excluding tert-OH is 1. The van der Waals surface area contributed by atoms with Crippen LogP contribution in [-0.4, -0.2) is 165 Å². The molecule has 21 heteroatoms. The Morgan fingerprint density at radius 3 is 2.31 bits per heavy atom. The van der Waals surface area contributed by atoms with Crippen molar-refractivity contribution in [3.05, 3.63) is 94.5 Å². The number of anilines is 1. The van der Waals surface area contributed by atoms with E-state index in [2.05, 4.69) is 47.7 Å². The smallest absolute Gasteiger partial charge is 0.319 e. The number of ether oxygens (including phenoxy) is 1. The molecule has 4 amide bonds. The number of aryl methyl sites for hydroxylation is 1. The predicted octanol–water partition coefficient (Wildman–Crippen LogP) is 8.39. The maximum absolute atomic E-state index is 17.3. The summed E-state index contributed by atoms with van der Waals surface area (Å²) in [5.74, 6) is -0.0402. The van der Waals surface area contributed by atoms with E-state index in [0.29, 0.717) is 59.7 Å². The Morgan fingerprint density at radius 2 is 1.62 bits per heavy atom. The van der Waals surface area contributed by atoms with Crippen LogP contribution in [0.15, 0.2) is 77.4 Å². The number of halogens is 2. The Balaban J connectivity index is 0.629. The van der Waals surface area contributed by atoms with Crippen molar-refractivity contribution in [2.75, 3.05) is 64.4 Å². The lowest BCUT2D eigenvalue weighted by Crippen LogP contribution is -2.56. The van der Waals surface area contributed by atoms with Crippen molar-refractivity contribution in [2.45, 2.75) is 135 Å². The molecule has 3 aromatic carbocycles. The molecule has 4 unspecified atom stereocenters. The summed E-state index contributed by atoms with van der Waals surface area (Å²) in [5, 5.41) is 23.3. The predicted molar refractivity (Wildman–Crippen MR) is 333 cm³/mol. The molecule has 1 saturated carbocycles. The molecule has 0 spiro atoms. The minimum absolute atomic E-state index is 0.0153. The number of aliphatic imine (C=N–C) groups is 1. The third kappa shape index (κ3) is 12.7. The average Bonchev–Trinajstić information content (AvgIpc) is 1.39. The van der Waals surface area contributed by atoms with E-state index in [4.69, 9.17) is 31.3 Å². The molecular weight excluding hydrogens is 1130 g/mol. The Morgan fingerprint density at radius 1 is 0.884 bits per heavy atom. The van der Waals surface area contributed by atoms with Gasteiger partial charge in [-0.25, -0.2) is 14.4 Å². The van der Waals surface area contributed by atoms with Crippen molar-refractivity contribution in [1.29, 1.82) is 0 Å². The molecule has 12 rings (SSSR count). The van der Waals surface area contributed by atoms with Crippen molar-refractivity contribution < 1.29 is 33.4 Å². The fourth-order valence-corrected chi connectivity index (χ4v) is 15.2. The first-order valence-corrected chi connectivity index (χ1v) is 32.0. The van der Waals surface area contributed by atoms with Crippen LogP contribution in [0.4, 0.5) is 10.2 Å². The van der Waals surface area contributed by atoms with Crippen molar-refractivity contribution in [3.8, 4) is 27.7 Å². The van der Waals surface area contributed by atoms with E-state index >= 15 is 4.39 Å². The van der Waals surface area contributed by atoms with E-state index < -0.39 is 41.1 Å². The Labute approximate surface area is 510 Å². The zero-order valence-electron chi connectivity index (χ0n) is 49.7. The lowest BCUT2D eigenvalue weighted by Gasteiger charge is -2.38. The summed E-state index contributed by atoms with van der Waals surface area (Å²) in [6, 6.07) is 19.4. The Bertz CT molecular complexity index is 3530. The van der Waals surface area contributed by atoms with Gasteiger partial charge in [-0.2, -0.15) is 9.97 Å². The number of hydrogen-bond donors (Lipinski definition) is 4. The summed E-state index contributed by atoms with van der Waals surface area (Å²) in [7, 11) is 2.10. The number of β-amino-alcohol motifs (C(OH)–C–C–N with tert-alkyl or cyclic N) is 1. The standard InChI is InChI=1S/C65H78ClFN12O6S/c1-37-58(86-36-71-37)40-16-14-38(15-17-40)29-70-62(83)52-28-48(80)34-79(52)63(84)59(65(2,3)4)73-53(81)13-8-22-68-61(82)41-20-23-77(24-21-41)46-27-47(76(5)33-46)35-85-64-74-57-50(60(75-64)78-31-44-25-42-18-19-43(42)26-45(32-78)72-44)30-69-56(55(57)67)49-11-6-9-39-10-7-12-51(66)54(39)49/h6-7,9-12,14-17,30,36,41-48,52,72,80H,8,13,18-29,31-35H2,1-5H3,(H,68,82)(H,70,83)/t42?,43?,44?,45?,46-,47-,48+,52-/m0/s1. The zero-order valence-corrected chi connectivity index (χ0v) is 51.3. The highest BCUT2D eigenvalue weighted by atomic mass is 35.5. The summed E-state index contributed by atoms with van der Waals surface area (Å²) in [5.41, 5.74) is 4.81. The summed E-state index contributed by atoms with van der Waals surface area (Å²) in [6.07, 6.45) is 8.32. The van der Waals surface area contributed by atoms with Gasteiger partial charge in [0.2, 0.25) is 17.7 Å². The topological polar surface area (TPSA) is 211 Å². The molecule has 5 saturated heterocycles. The van der Waals surface area contributed by atoms with Gasteiger partial charge in [0.25, 0.3) is 5.91 Å². The zero-order chi connectivity index (χ0) is 60.0. The summed E-state index contributed by atoms with van der Waals surface area (Å²) in [6.45, 7) is 12.0. The molecule has 3 aromatic heterocycles. The number of rotatable bonds is 16. The number of pyridine rings is 1. The number of nitrogens with zero attached hydrogens (tertiary/aromatic N) is 9. The maximum atomic E-state index is 17.3. The molecule has 4 N–H and O–H groups in total. The van der Waals surface area contributed by atoms with Gasteiger partial charge in [-0.05, 0) is 113 Å². The molecule has 86 heavy (non-hydrogen) atoms. The van der Waals surface area contributed by atoms with Gasteiger partial charge in [-0.15, -0.1) is 11.3 Å². The van der Waals surface area contributed by atoms with Crippen LogP contribution in [0.1, 0.15) is 96.2 Å². The van der Waals surface area contributed by atoms with Gasteiger partial charge in [0.1, 0.15) is 35.4 Å². The van der Waals surface area contributed by atoms with Crippen molar-refractivity contribution in [1.82, 2.24) is 50.6 Å². The number of carbonyl (C=O) groups is 4. The van der Waals surface area contributed by atoms with Crippen molar-refractivity contribution in [3.63, 3.8) is 0 Å². The fraction of sp³-hybridized carbons (Fsp3) is 0.523. The molecule has 8 atom stereocenters. The van der Waals surface area contributed by atoms with Crippen LogP contribution in [0.5, 0.6) is 6.01 Å². The van der Waals surface area contributed by atoms with Gasteiger partial charge in [0, 0.05) is 110 Å². The third-order valence-corrected chi connectivity index (χ3v) is 20.2. The van der Waals surface area contributed by atoms with E-state index in [-0.39, 0.29) is 79.3 Å². The molecule has 6 aliphatic rings. The molecule has 1 aliphatic carbocycles. The van der Waals surface area contributed by atoms with Crippen LogP contribution in [0.25, 0.3) is 43.4 Å².